The lowest BCUT2D eigenvalue weighted by molar-refractivity contribution is 0.144. The third-order valence-electron chi connectivity index (χ3n) is 7.95. The van der Waals surface area contributed by atoms with Gasteiger partial charge in [0.1, 0.15) is 0 Å². The highest BCUT2D eigenvalue weighted by atomic mass is 14.5. The van der Waals surface area contributed by atoms with E-state index in [2.05, 4.69) is 44.2 Å². The number of aryl methyl sites for hydroxylation is 1. The van der Waals surface area contributed by atoms with Gasteiger partial charge in [-0.25, -0.2) is 0 Å². The van der Waals surface area contributed by atoms with Crippen LogP contribution in [0.3, 0.4) is 0 Å². The van der Waals surface area contributed by atoms with Gasteiger partial charge >= 0.3 is 0 Å². The Bertz CT molecular complexity index is 607. The SMILES string of the molecule is CCCCc1ccc([C@]2(C#N)CC[C@@H](C3CCC(CCCC)CC3)CC2)cc1. The second-order valence-electron chi connectivity index (χ2n) is 9.75. The second kappa shape index (κ2) is 10.5. The molecule has 2 saturated carbocycles. The number of rotatable bonds is 8. The lowest BCUT2D eigenvalue weighted by atomic mass is 9.62. The summed E-state index contributed by atoms with van der Waals surface area (Å²) < 4.78 is 0. The van der Waals surface area contributed by atoms with Crippen LogP contribution < -0.4 is 0 Å². The van der Waals surface area contributed by atoms with Crippen LogP contribution in [-0.4, -0.2) is 0 Å². The summed E-state index contributed by atoms with van der Waals surface area (Å²) in [5.74, 6) is 2.81. The van der Waals surface area contributed by atoms with Crippen molar-refractivity contribution in [2.75, 3.05) is 0 Å². The van der Waals surface area contributed by atoms with E-state index < -0.39 is 0 Å². The number of hydrogen-bond acceptors (Lipinski definition) is 1. The maximum Gasteiger partial charge on any atom is 0.0822 e. The van der Waals surface area contributed by atoms with Gasteiger partial charge in [0.05, 0.1) is 11.5 Å². The van der Waals surface area contributed by atoms with Crippen molar-refractivity contribution < 1.29 is 0 Å². The van der Waals surface area contributed by atoms with E-state index in [0.29, 0.717) is 0 Å². The first kappa shape index (κ1) is 21.4. The Morgan fingerprint density at radius 1 is 0.857 bits per heavy atom. The summed E-state index contributed by atoms with van der Waals surface area (Å²) in [5, 5.41) is 10.1. The second-order valence-corrected chi connectivity index (χ2v) is 9.75. The molecule has 1 aromatic rings. The molecule has 1 nitrogen and oxygen atoms in total. The Kier molecular flexibility index (Phi) is 8.01. The molecule has 3 rings (SSSR count). The van der Waals surface area contributed by atoms with Crippen LogP contribution in [0.5, 0.6) is 0 Å². The molecule has 0 heterocycles. The summed E-state index contributed by atoms with van der Waals surface area (Å²) in [6, 6.07) is 11.8. The van der Waals surface area contributed by atoms with Crippen LogP contribution in [0.4, 0.5) is 0 Å². The number of hydrogen-bond donors (Lipinski definition) is 0. The molecule has 0 bridgehead atoms. The van der Waals surface area contributed by atoms with Gasteiger partial charge in [0, 0.05) is 0 Å². The van der Waals surface area contributed by atoms with Crippen molar-refractivity contribution in [3.63, 3.8) is 0 Å². The first-order chi connectivity index (χ1) is 13.7. The minimum Gasteiger partial charge on any atom is -0.197 e. The standard InChI is InChI=1S/C27H41N/c1-3-5-7-22-9-13-24(14-10-22)25-17-19-27(21-28,20-18-25)26-15-11-23(12-16-26)8-6-4-2/h11-12,15-16,22,24-25H,3-10,13-14,17-20H2,1-2H3/t22?,24?,25-,27-. The summed E-state index contributed by atoms with van der Waals surface area (Å²) >= 11 is 0. The zero-order valence-electron chi connectivity index (χ0n) is 18.4. The first-order valence-corrected chi connectivity index (χ1v) is 12.2. The molecule has 0 amide bonds. The van der Waals surface area contributed by atoms with Crippen LogP contribution in [0.15, 0.2) is 24.3 Å². The Morgan fingerprint density at radius 3 is 2.04 bits per heavy atom. The van der Waals surface area contributed by atoms with Gasteiger partial charge in [-0.05, 0) is 80.2 Å². The van der Waals surface area contributed by atoms with Crippen molar-refractivity contribution in [1.29, 1.82) is 5.26 Å². The molecule has 28 heavy (non-hydrogen) atoms. The molecule has 0 atom stereocenters. The highest BCUT2D eigenvalue weighted by Crippen LogP contribution is 2.47. The Morgan fingerprint density at radius 2 is 1.46 bits per heavy atom. The molecular weight excluding hydrogens is 338 g/mol. The van der Waals surface area contributed by atoms with E-state index in [1.807, 2.05) is 0 Å². The van der Waals surface area contributed by atoms with Crippen LogP contribution in [-0.2, 0) is 11.8 Å². The monoisotopic (exact) mass is 379 g/mol. The smallest absolute Gasteiger partial charge is 0.0822 e. The molecule has 2 aliphatic rings. The summed E-state index contributed by atoms with van der Waals surface area (Å²) in [7, 11) is 0. The van der Waals surface area contributed by atoms with Crippen molar-refractivity contribution in [1.82, 2.24) is 0 Å². The molecule has 0 saturated heterocycles. The maximum absolute atomic E-state index is 10.1. The van der Waals surface area contributed by atoms with Crippen molar-refractivity contribution in [2.45, 2.75) is 109 Å². The van der Waals surface area contributed by atoms with Crippen molar-refractivity contribution in [3.8, 4) is 6.07 Å². The lowest BCUT2D eigenvalue weighted by Crippen LogP contribution is -2.33. The van der Waals surface area contributed by atoms with Crippen molar-refractivity contribution >= 4 is 0 Å². The molecule has 154 valence electrons. The van der Waals surface area contributed by atoms with Gasteiger partial charge in [-0.1, -0.05) is 76.6 Å². The zero-order valence-corrected chi connectivity index (χ0v) is 18.4. The van der Waals surface area contributed by atoms with E-state index in [0.717, 1.165) is 30.6 Å². The van der Waals surface area contributed by atoms with Gasteiger partial charge in [-0.2, -0.15) is 5.26 Å². The fraction of sp³-hybridized carbons (Fsp3) is 0.741. The van der Waals surface area contributed by atoms with E-state index >= 15 is 0 Å². The molecule has 0 spiro atoms. The molecule has 0 N–H and O–H groups in total. The molecule has 0 aromatic heterocycles. The van der Waals surface area contributed by atoms with E-state index in [-0.39, 0.29) is 5.41 Å². The van der Waals surface area contributed by atoms with E-state index in [1.54, 1.807) is 0 Å². The molecule has 0 aliphatic heterocycles. The quantitative estimate of drug-likeness (QED) is 0.449. The molecule has 0 unspecified atom stereocenters. The fourth-order valence-electron chi connectivity index (χ4n) is 5.88. The van der Waals surface area contributed by atoms with Gasteiger partial charge in [-0.3, -0.25) is 0 Å². The average molecular weight is 380 g/mol. The third-order valence-corrected chi connectivity index (χ3v) is 7.95. The minimum absolute atomic E-state index is 0.224. The van der Waals surface area contributed by atoms with Crippen molar-refractivity contribution in [3.05, 3.63) is 35.4 Å². The van der Waals surface area contributed by atoms with E-state index in [1.165, 1.54) is 88.2 Å². The number of nitrogens with zero attached hydrogens (tertiary/aromatic N) is 1. The Hall–Kier alpha value is -1.29. The summed E-state index contributed by atoms with van der Waals surface area (Å²) in [4.78, 5) is 0. The fourth-order valence-corrected chi connectivity index (χ4v) is 5.88. The molecule has 0 radical (unpaired) electrons. The van der Waals surface area contributed by atoms with Crippen molar-refractivity contribution in [2.24, 2.45) is 17.8 Å². The van der Waals surface area contributed by atoms with E-state index in [9.17, 15) is 5.26 Å². The minimum atomic E-state index is -0.224. The molecule has 2 aliphatic carbocycles. The maximum atomic E-state index is 10.1. The molecular formula is C27H41N. The molecule has 1 aromatic carbocycles. The molecule has 2 fully saturated rings. The normalized spacial score (nSPS) is 30.7. The average Bonchev–Trinajstić information content (AvgIpc) is 2.77. The predicted octanol–water partition coefficient (Wildman–Crippen LogP) is 7.98. The highest BCUT2D eigenvalue weighted by Gasteiger charge is 2.39. The van der Waals surface area contributed by atoms with E-state index in [4.69, 9.17) is 0 Å². The largest absolute Gasteiger partial charge is 0.197 e. The lowest BCUT2D eigenvalue weighted by Gasteiger charge is -2.41. The van der Waals surface area contributed by atoms with Crippen LogP contribution in [0, 0.1) is 29.1 Å². The zero-order chi connectivity index (χ0) is 19.8. The highest BCUT2D eigenvalue weighted by molar-refractivity contribution is 5.35. The number of nitriles is 1. The predicted molar refractivity (Wildman–Crippen MR) is 119 cm³/mol. The van der Waals surface area contributed by atoms with Crippen LogP contribution >= 0.6 is 0 Å². The Labute approximate surface area is 173 Å². The first-order valence-electron chi connectivity index (χ1n) is 12.2. The van der Waals surface area contributed by atoms with Gasteiger partial charge in [0.25, 0.3) is 0 Å². The Balaban J connectivity index is 1.53. The third kappa shape index (κ3) is 5.20. The molecule has 1 heteroatoms. The van der Waals surface area contributed by atoms with Gasteiger partial charge in [0.15, 0.2) is 0 Å². The number of benzene rings is 1. The van der Waals surface area contributed by atoms with Gasteiger partial charge in [-0.15, -0.1) is 0 Å². The summed E-state index contributed by atoms with van der Waals surface area (Å²) in [6.45, 7) is 4.56. The van der Waals surface area contributed by atoms with Crippen LogP contribution in [0.1, 0.15) is 108 Å². The van der Waals surface area contributed by atoms with Gasteiger partial charge in [0.2, 0.25) is 0 Å². The number of unbranched alkanes of at least 4 members (excludes halogenated alkanes) is 2. The topological polar surface area (TPSA) is 23.8 Å². The summed E-state index contributed by atoms with van der Waals surface area (Å²) in [6.07, 6.45) is 18.4. The van der Waals surface area contributed by atoms with Crippen LogP contribution in [0.2, 0.25) is 0 Å². The van der Waals surface area contributed by atoms with Gasteiger partial charge < -0.3 is 0 Å². The summed E-state index contributed by atoms with van der Waals surface area (Å²) in [5.41, 5.74) is 2.47. The van der Waals surface area contributed by atoms with Crippen LogP contribution in [0.25, 0.3) is 0 Å².